The SMILES string of the molecule is NC(=O)N1OC(=O)CC(N)C(=O)O1. The summed E-state index contributed by atoms with van der Waals surface area (Å²) in [6.07, 6.45) is -0.359. The van der Waals surface area contributed by atoms with Crippen molar-refractivity contribution in [3.05, 3.63) is 0 Å². The van der Waals surface area contributed by atoms with E-state index < -0.39 is 24.0 Å². The number of hydrogen-bond donors (Lipinski definition) is 2. The van der Waals surface area contributed by atoms with Gasteiger partial charge in [-0.25, -0.2) is 14.4 Å². The zero-order valence-electron chi connectivity index (χ0n) is 6.43. The summed E-state index contributed by atoms with van der Waals surface area (Å²) in [5, 5.41) is -0.00245. The van der Waals surface area contributed by atoms with Crippen LogP contribution in [0.4, 0.5) is 4.79 Å². The lowest BCUT2D eigenvalue weighted by Gasteiger charge is -2.12. The quantitative estimate of drug-likeness (QED) is 0.454. The highest BCUT2D eigenvalue weighted by Gasteiger charge is 2.31. The number of hydrogen-bond acceptors (Lipinski definition) is 6. The number of nitrogens with zero attached hydrogens (tertiary/aromatic N) is 1. The average Bonchev–Trinajstić information content (AvgIpc) is 2.12. The van der Waals surface area contributed by atoms with Gasteiger partial charge >= 0.3 is 18.0 Å². The lowest BCUT2D eigenvalue weighted by Crippen LogP contribution is -2.39. The van der Waals surface area contributed by atoms with Crippen LogP contribution < -0.4 is 11.5 Å². The molecule has 72 valence electrons. The lowest BCUT2D eigenvalue weighted by molar-refractivity contribution is -0.283. The molecular formula is C5H7N3O5. The molecule has 0 saturated carbocycles. The third kappa shape index (κ3) is 2.06. The van der Waals surface area contributed by atoms with Gasteiger partial charge in [0.15, 0.2) is 0 Å². The number of amides is 2. The van der Waals surface area contributed by atoms with Crippen molar-refractivity contribution in [3.8, 4) is 0 Å². The van der Waals surface area contributed by atoms with Crippen LogP contribution in [-0.2, 0) is 19.3 Å². The van der Waals surface area contributed by atoms with Gasteiger partial charge in [-0.3, -0.25) is 4.84 Å². The second kappa shape index (κ2) is 3.27. The Morgan fingerprint density at radius 3 is 2.62 bits per heavy atom. The summed E-state index contributed by atoms with van der Waals surface area (Å²) in [5.74, 6) is -1.82. The van der Waals surface area contributed by atoms with Crippen LogP contribution in [0.15, 0.2) is 0 Å². The van der Waals surface area contributed by atoms with E-state index in [4.69, 9.17) is 11.5 Å². The Kier molecular flexibility index (Phi) is 2.33. The van der Waals surface area contributed by atoms with Crippen LogP contribution >= 0.6 is 0 Å². The van der Waals surface area contributed by atoms with Crippen molar-refractivity contribution in [3.63, 3.8) is 0 Å². The molecule has 0 aromatic carbocycles. The minimum Gasteiger partial charge on any atom is -0.346 e. The third-order valence-corrected chi connectivity index (χ3v) is 1.23. The number of hydroxylamine groups is 2. The largest absolute Gasteiger partial charge is 0.386 e. The molecule has 13 heavy (non-hydrogen) atoms. The van der Waals surface area contributed by atoms with Crippen LogP contribution in [-0.4, -0.2) is 29.2 Å². The highest BCUT2D eigenvalue weighted by molar-refractivity contribution is 5.85. The van der Waals surface area contributed by atoms with E-state index in [1.807, 2.05) is 0 Å². The van der Waals surface area contributed by atoms with Gasteiger partial charge < -0.3 is 16.3 Å². The van der Waals surface area contributed by atoms with Gasteiger partial charge in [0.25, 0.3) is 0 Å². The Balaban J connectivity index is 2.76. The van der Waals surface area contributed by atoms with E-state index in [1.165, 1.54) is 0 Å². The molecule has 0 spiro atoms. The van der Waals surface area contributed by atoms with Crippen LogP contribution in [0.2, 0.25) is 0 Å². The molecular weight excluding hydrogens is 182 g/mol. The molecule has 2 amide bonds. The van der Waals surface area contributed by atoms with E-state index in [0.29, 0.717) is 0 Å². The van der Waals surface area contributed by atoms with E-state index in [-0.39, 0.29) is 11.6 Å². The molecule has 1 unspecified atom stereocenters. The number of carbonyl (C=O) groups excluding carboxylic acids is 3. The molecule has 0 aromatic heterocycles. The standard InChI is InChI=1S/C5H7N3O5/c6-2-1-3(9)12-8(5(7)11)13-4(2)10/h2H,1,6H2,(H2,7,11). The second-order valence-corrected chi connectivity index (χ2v) is 2.28. The van der Waals surface area contributed by atoms with Crippen molar-refractivity contribution in [2.75, 3.05) is 0 Å². The minimum atomic E-state index is -1.21. The first-order valence-electron chi connectivity index (χ1n) is 3.28. The molecule has 1 aliphatic heterocycles. The van der Waals surface area contributed by atoms with E-state index in [2.05, 4.69) is 9.68 Å². The van der Waals surface area contributed by atoms with Gasteiger partial charge in [0, 0.05) is 5.23 Å². The summed E-state index contributed by atoms with van der Waals surface area (Å²) in [4.78, 5) is 40.5. The van der Waals surface area contributed by atoms with Gasteiger partial charge in [0.2, 0.25) is 0 Å². The summed E-state index contributed by atoms with van der Waals surface area (Å²) in [5.41, 5.74) is 9.88. The Hall–Kier alpha value is -1.83. The molecule has 4 N–H and O–H groups in total. The maximum atomic E-state index is 10.8. The molecule has 1 atom stereocenters. The van der Waals surface area contributed by atoms with Crippen molar-refractivity contribution in [1.82, 2.24) is 5.23 Å². The Bertz CT molecular complexity index is 265. The van der Waals surface area contributed by atoms with Gasteiger partial charge in [-0.05, 0) is 0 Å². The summed E-state index contributed by atoms with van der Waals surface area (Å²) in [6, 6.07) is -2.35. The Labute approximate surface area is 72.3 Å². The van der Waals surface area contributed by atoms with Crippen LogP contribution in [0.5, 0.6) is 0 Å². The molecule has 1 aliphatic rings. The first kappa shape index (κ1) is 9.26. The zero-order valence-corrected chi connectivity index (χ0v) is 6.43. The number of urea groups is 1. The molecule has 0 aliphatic carbocycles. The Morgan fingerprint density at radius 2 is 2.08 bits per heavy atom. The topological polar surface area (TPSA) is 125 Å². The van der Waals surface area contributed by atoms with Crippen molar-refractivity contribution in [1.29, 1.82) is 0 Å². The Morgan fingerprint density at radius 1 is 1.46 bits per heavy atom. The fraction of sp³-hybridized carbons (Fsp3) is 0.400. The second-order valence-electron chi connectivity index (χ2n) is 2.28. The van der Waals surface area contributed by atoms with Crippen molar-refractivity contribution >= 4 is 18.0 Å². The van der Waals surface area contributed by atoms with E-state index in [9.17, 15) is 14.4 Å². The van der Waals surface area contributed by atoms with Crippen molar-refractivity contribution in [2.45, 2.75) is 12.5 Å². The van der Waals surface area contributed by atoms with Gasteiger partial charge in [0.1, 0.15) is 6.04 Å². The molecule has 1 saturated heterocycles. The number of rotatable bonds is 0. The van der Waals surface area contributed by atoms with Gasteiger partial charge in [0.05, 0.1) is 6.42 Å². The van der Waals surface area contributed by atoms with Gasteiger partial charge in [-0.1, -0.05) is 0 Å². The number of nitrogens with two attached hydrogens (primary N) is 2. The highest BCUT2D eigenvalue weighted by Crippen LogP contribution is 2.06. The minimum absolute atomic E-state index is 0.00245. The summed E-state index contributed by atoms with van der Waals surface area (Å²) in [7, 11) is 0. The summed E-state index contributed by atoms with van der Waals surface area (Å²) in [6.45, 7) is 0. The molecule has 1 heterocycles. The maximum absolute atomic E-state index is 10.8. The molecule has 0 aromatic rings. The summed E-state index contributed by atoms with van der Waals surface area (Å²) < 4.78 is 0. The van der Waals surface area contributed by atoms with E-state index in [0.717, 1.165) is 0 Å². The summed E-state index contributed by atoms with van der Waals surface area (Å²) >= 11 is 0. The normalized spacial score (nSPS) is 23.2. The predicted octanol–water partition coefficient (Wildman–Crippen LogP) is -1.99. The molecule has 0 radical (unpaired) electrons. The number of primary amides is 1. The first-order chi connectivity index (χ1) is 6.00. The van der Waals surface area contributed by atoms with E-state index in [1.54, 1.807) is 0 Å². The molecule has 0 bridgehead atoms. The monoisotopic (exact) mass is 189 g/mol. The van der Waals surface area contributed by atoms with Gasteiger partial charge in [-0.15, -0.1) is 0 Å². The fourth-order valence-electron chi connectivity index (χ4n) is 0.651. The van der Waals surface area contributed by atoms with Gasteiger partial charge in [-0.2, -0.15) is 0 Å². The fourth-order valence-corrected chi connectivity index (χ4v) is 0.651. The predicted molar refractivity (Wildman–Crippen MR) is 36.2 cm³/mol. The maximum Gasteiger partial charge on any atom is 0.386 e. The lowest BCUT2D eigenvalue weighted by atomic mass is 10.2. The molecule has 1 fully saturated rings. The van der Waals surface area contributed by atoms with Crippen molar-refractivity contribution < 1.29 is 24.1 Å². The van der Waals surface area contributed by atoms with Crippen LogP contribution in [0.3, 0.4) is 0 Å². The smallest absolute Gasteiger partial charge is 0.346 e. The molecule has 8 nitrogen and oxygen atoms in total. The van der Waals surface area contributed by atoms with Crippen LogP contribution in [0.25, 0.3) is 0 Å². The zero-order chi connectivity index (χ0) is 10.0. The van der Waals surface area contributed by atoms with Crippen LogP contribution in [0, 0.1) is 0 Å². The highest BCUT2D eigenvalue weighted by atomic mass is 17.0. The number of carbonyl (C=O) groups is 3. The van der Waals surface area contributed by atoms with Crippen molar-refractivity contribution in [2.24, 2.45) is 11.5 Å². The third-order valence-electron chi connectivity index (χ3n) is 1.23. The first-order valence-corrected chi connectivity index (χ1v) is 3.28. The molecule has 1 rings (SSSR count). The van der Waals surface area contributed by atoms with E-state index >= 15 is 0 Å². The van der Waals surface area contributed by atoms with Crippen LogP contribution in [0.1, 0.15) is 6.42 Å². The average molecular weight is 189 g/mol. The molecule has 8 heteroatoms.